The number of hydrogen-bond acceptors (Lipinski definition) is 10. The maximum Gasteiger partial charge on any atom is 0.415 e. The number of methoxy groups -OCH3 is 1. The molecule has 0 spiro atoms. The Balaban J connectivity index is 1.28. The number of aryl methyl sites for hydroxylation is 1. The van der Waals surface area contributed by atoms with E-state index < -0.39 is 55.6 Å². The summed E-state index contributed by atoms with van der Waals surface area (Å²) < 4.78 is 93.8. The Labute approximate surface area is 398 Å². The van der Waals surface area contributed by atoms with Crippen molar-refractivity contribution in [2.24, 2.45) is 0 Å². The highest BCUT2D eigenvalue weighted by Crippen LogP contribution is 2.55. The van der Waals surface area contributed by atoms with Crippen LogP contribution in [0.5, 0.6) is 11.8 Å². The first-order valence-corrected chi connectivity index (χ1v) is 26.8. The van der Waals surface area contributed by atoms with Crippen LogP contribution in [-0.4, -0.2) is 108 Å². The number of rotatable bonds is 10. The average molecular weight is 959 g/mol. The molecule has 4 aromatic rings. The first kappa shape index (κ1) is 48.3. The highest BCUT2D eigenvalue weighted by atomic mass is 28.3. The van der Waals surface area contributed by atoms with Gasteiger partial charge in [0.15, 0.2) is 12.6 Å². The number of halogens is 4. The van der Waals surface area contributed by atoms with Crippen LogP contribution < -0.4 is 14.4 Å². The van der Waals surface area contributed by atoms with Gasteiger partial charge < -0.3 is 23.8 Å². The molecule has 68 heavy (non-hydrogen) atoms. The predicted molar refractivity (Wildman–Crippen MR) is 258 cm³/mol. The smallest absolute Gasteiger partial charge is 0.415 e. The molecule has 2 aromatic carbocycles. The first-order chi connectivity index (χ1) is 32.2. The zero-order valence-corrected chi connectivity index (χ0v) is 42.3. The molecule has 0 unspecified atom stereocenters. The Morgan fingerprint density at radius 2 is 1.62 bits per heavy atom. The van der Waals surface area contributed by atoms with Crippen LogP contribution in [0.4, 0.5) is 28.2 Å². The van der Waals surface area contributed by atoms with Gasteiger partial charge in [0.25, 0.3) is 0 Å². The summed E-state index contributed by atoms with van der Waals surface area (Å²) in [5.41, 5.74) is 3.77. The number of amides is 1. The van der Waals surface area contributed by atoms with Crippen molar-refractivity contribution in [3.8, 4) is 34.5 Å². The molecule has 1 amide bonds. The first-order valence-electron chi connectivity index (χ1n) is 24.5. The van der Waals surface area contributed by atoms with Crippen molar-refractivity contribution in [1.29, 1.82) is 0 Å². The summed E-state index contributed by atoms with van der Waals surface area (Å²) in [6.07, 6.45) is 3.05. The van der Waals surface area contributed by atoms with Crippen LogP contribution in [0.3, 0.4) is 0 Å². The fourth-order valence-corrected chi connectivity index (χ4v) is 17.9. The molecule has 0 saturated carbocycles. The molecule has 0 aliphatic carbocycles. The van der Waals surface area contributed by atoms with E-state index in [-0.39, 0.29) is 101 Å². The number of anilines is 1. The Hall–Kier alpha value is -4.72. The van der Waals surface area contributed by atoms with E-state index in [4.69, 9.17) is 33.9 Å². The van der Waals surface area contributed by atoms with E-state index in [1.54, 1.807) is 43.9 Å². The molecular formula is C52H66F4N6O5Si. The second-order valence-electron chi connectivity index (χ2n) is 21.8. The zero-order valence-electron chi connectivity index (χ0n) is 41.3. The number of fused-ring (bicyclic) bond motifs is 7. The highest BCUT2D eigenvalue weighted by Gasteiger charge is 2.69. The standard InChI is InChI=1S/C52H66F4N6O5Si/c1-31(2)68(32(3)4,33(5)6)25-18-36-38(53)17-16-34-26-35(66-30-64-10)27-37(41(34)36)44-43(54)45-42-39(57-44)14-11-15-40-52(56)22-21-51(55,62(52)48(63)67-49(7,8)9)28-61(40)46(42)59-47(58-45)65-29-50-19-12-23-60(50)24-13-20-50/h16-17,26-27,31-33,40H,11-15,19-24,28-30H2,1-10H3/t40-,51-,52+/m1/s1. The summed E-state index contributed by atoms with van der Waals surface area (Å²) in [7, 11) is -0.884. The van der Waals surface area contributed by atoms with Gasteiger partial charge in [-0.05, 0) is 119 Å². The summed E-state index contributed by atoms with van der Waals surface area (Å²) in [6.45, 7) is 19.7. The number of carbonyl (C=O) groups excluding carboxylic acids is 1. The number of benzene rings is 2. The Bertz CT molecular complexity index is 2670. The van der Waals surface area contributed by atoms with Crippen LogP contribution >= 0.6 is 0 Å². The molecule has 4 fully saturated rings. The largest absolute Gasteiger partial charge is 0.468 e. The van der Waals surface area contributed by atoms with Gasteiger partial charge in [-0.1, -0.05) is 53.5 Å². The number of alkyl halides is 2. The molecule has 3 atom stereocenters. The van der Waals surface area contributed by atoms with Gasteiger partial charge in [0.05, 0.1) is 34.8 Å². The maximum atomic E-state index is 18.3. The molecule has 7 heterocycles. The van der Waals surface area contributed by atoms with Gasteiger partial charge in [0, 0.05) is 30.9 Å². The highest BCUT2D eigenvalue weighted by molar-refractivity contribution is 6.90. The van der Waals surface area contributed by atoms with Crippen LogP contribution in [0.2, 0.25) is 16.6 Å². The van der Waals surface area contributed by atoms with E-state index in [0.717, 1.165) is 38.8 Å². The summed E-state index contributed by atoms with van der Waals surface area (Å²) in [6, 6.07) is 5.19. The predicted octanol–water partition coefficient (Wildman–Crippen LogP) is 11.6. The van der Waals surface area contributed by atoms with Crippen molar-refractivity contribution >= 4 is 41.7 Å². The Morgan fingerprint density at radius 1 is 0.912 bits per heavy atom. The lowest BCUT2D eigenvalue weighted by Crippen LogP contribution is -2.71. The Morgan fingerprint density at radius 3 is 2.28 bits per heavy atom. The van der Waals surface area contributed by atoms with E-state index in [9.17, 15) is 4.79 Å². The quantitative estimate of drug-likeness (QED) is 0.0502. The number of nitrogens with zero attached hydrogens (tertiary/aromatic N) is 6. The topological polar surface area (TPSA) is 102 Å². The lowest BCUT2D eigenvalue weighted by atomic mass is 9.90. The average Bonchev–Trinajstić information content (AvgIpc) is 3.91. The molecule has 2 bridgehead atoms. The van der Waals surface area contributed by atoms with E-state index in [0.29, 0.717) is 33.5 Å². The van der Waals surface area contributed by atoms with Crippen LogP contribution in [-0.2, 0) is 15.9 Å². The molecular weight excluding hydrogens is 893 g/mol. The third-order valence-electron chi connectivity index (χ3n) is 15.7. The summed E-state index contributed by atoms with van der Waals surface area (Å²) in [5.74, 6) is -2.59. The van der Waals surface area contributed by atoms with Crippen LogP contribution in [0.1, 0.15) is 125 Å². The van der Waals surface area contributed by atoms with Gasteiger partial charge >= 0.3 is 12.1 Å². The zero-order chi connectivity index (χ0) is 48.7. The summed E-state index contributed by atoms with van der Waals surface area (Å²) in [5, 5.41) is 1.12. The van der Waals surface area contributed by atoms with E-state index in [1.165, 1.54) is 13.2 Å². The molecule has 5 aliphatic rings. The molecule has 0 radical (unpaired) electrons. The van der Waals surface area contributed by atoms with Crippen LogP contribution in [0.25, 0.3) is 32.9 Å². The minimum absolute atomic E-state index is 0.0848. The van der Waals surface area contributed by atoms with Gasteiger partial charge in [0.1, 0.15) is 48.9 Å². The molecule has 11 nitrogen and oxygen atoms in total. The van der Waals surface area contributed by atoms with Crippen molar-refractivity contribution in [3.05, 3.63) is 47.2 Å². The van der Waals surface area contributed by atoms with Crippen LogP contribution in [0.15, 0.2) is 24.3 Å². The minimum Gasteiger partial charge on any atom is -0.468 e. The number of pyridine rings is 1. The Kier molecular flexibility index (Phi) is 12.5. The number of ether oxygens (including phenoxy) is 4. The van der Waals surface area contributed by atoms with Gasteiger partial charge in [-0.2, -0.15) is 9.97 Å². The molecule has 16 heteroatoms. The van der Waals surface area contributed by atoms with Gasteiger partial charge in [-0.3, -0.25) is 4.90 Å². The number of aromatic nitrogens is 3. The fourth-order valence-electron chi connectivity index (χ4n) is 12.7. The number of piperazine rings is 1. The molecule has 4 saturated heterocycles. The lowest BCUT2D eigenvalue weighted by molar-refractivity contribution is -0.133. The number of carbonyl (C=O) groups is 1. The molecule has 0 N–H and O–H groups in total. The normalized spacial score (nSPS) is 23.5. The van der Waals surface area contributed by atoms with Gasteiger partial charge in [-0.15, -0.1) is 5.54 Å². The monoisotopic (exact) mass is 958 g/mol. The minimum atomic E-state index is -2.48. The van der Waals surface area contributed by atoms with E-state index in [1.807, 2.05) is 0 Å². The van der Waals surface area contributed by atoms with Crippen molar-refractivity contribution < 1.29 is 41.3 Å². The van der Waals surface area contributed by atoms with E-state index >= 15 is 17.6 Å². The van der Waals surface area contributed by atoms with Crippen molar-refractivity contribution in [2.45, 2.75) is 165 Å². The van der Waals surface area contributed by atoms with Crippen molar-refractivity contribution in [1.82, 2.24) is 24.8 Å². The number of hydrogen-bond donors (Lipinski definition) is 0. The second kappa shape index (κ2) is 17.6. The fraction of sp³-hybridized carbons (Fsp3) is 0.615. The van der Waals surface area contributed by atoms with E-state index in [2.05, 4.69) is 57.9 Å². The summed E-state index contributed by atoms with van der Waals surface area (Å²) in [4.78, 5) is 33.2. The second-order valence-corrected chi connectivity index (χ2v) is 27.3. The molecule has 5 aliphatic heterocycles. The molecule has 9 rings (SSSR count). The molecule has 366 valence electrons. The van der Waals surface area contributed by atoms with Crippen LogP contribution in [0, 0.1) is 23.1 Å². The third-order valence-corrected chi connectivity index (χ3v) is 22.0. The maximum absolute atomic E-state index is 18.3. The molecule has 2 aromatic heterocycles. The van der Waals surface area contributed by atoms with Crippen molar-refractivity contribution in [2.75, 3.05) is 45.0 Å². The third kappa shape index (κ3) is 7.96. The van der Waals surface area contributed by atoms with Crippen molar-refractivity contribution in [3.63, 3.8) is 0 Å². The SMILES string of the molecule is COCOc1cc(-c2nc3c4c(nc(OCC56CCCN5CCC6)nc4c2F)N2C[C@@]4(F)CC[C@@](F)([C@H]2CCC3)N4C(=O)OC(C)(C)C)c2c(C#C[Si](C(C)C)(C(C)C)C(C)C)c(F)ccc2c1. The summed E-state index contributed by atoms with van der Waals surface area (Å²) >= 11 is 0. The lowest BCUT2D eigenvalue weighted by Gasteiger charge is -2.52. The van der Waals surface area contributed by atoms with Gasteiger partial charge in [0.2, 0.25) is 11.6 Å². The van der Waals surface area contributed by atoms with Gasteiger partial charge in [-0.25, -0.2) is 32.2 Å².